The first kappa shape index (κ1) is 23.7. The third-order valence-electron chi connectivity index (χ3n) is 5.50. The number of anilines is 1. The van der Waals surface area contributed by atoms with Crippen molar-refractivity contribution in [2.24, 2.45) is 0 Å². The molecular weight excluding hydrogens is 426 g/mol. The van der Waals surface area contributed by atoms with Gasteiger partial charge < -0.3 is 10.6 Å². The molecule has 0 bridgehead atoms. The Hall–Kier alpha value is -2.97. The van der Waals surface area contributed by atoms with Crippen molar-refractivity contribution in [3.8, 4) is 0 Å². The normalized spacial score (nSPS) is 19.2. The topological polar surface area (TPSA) is 95.6 Å². The summed E-state index contributed by atoms with van der Waals surface area (Å²) < 4.78 is 27.5. The van der Waals surface area contributed by atoms with Crippen molar-refractivity contribution in [1.82, 2.24) is 9.62 Å². The maximum atomic E-state index is 13.0. The van der Waals surface area contributed by atoms with Gasteiger partial charge in [-0.15, -0.1) is 0 Å². The molecule has 1 saturated heterocycles. The average molecular weight is 456 g/mol. The predicted molar refractivity (Wildman–Crippen MR) is 125 cm³/mol. The van der Waals surface area contributed by atoms with E-state index in [2.05, 4.69) is 17.2 Å². The van der Waals surface area contributed by atoms with E-state index in [0.717, 1.165) is 5.56 Å². The Morgan fingerprint density at radius 3 is 2.41 bits per heavy atom. The molecule has 2 aromatic carbocycles. The molecule has 3 rings (SSSR count). The summed E-state index contributed by atoms with van der Waals surface area (Å²) in [5.41, 5.74) is 2.20. The minimum absolute atomic E-state index is 0.0549. The van der Waals surface area contributed by atoms with Crippen LogP contribution in [0.25, 0.3) is 0 Å². The zero-order chi connectivity index (χ0) is 23.1. The van der Waals surface area contributed by atoms with Crippen LogP contribution in [0.4, 0.5) is 5.69 Å². The summed E-state index contributed by atoms with van der Waals surface area (Å²) >= 11 is 0. The van der Waals surface area contributed by atoms with E-state index in [0.29, 0.717) is 30.6 Å². The number of sulfonamides is 1. The van der Waals surface area contributed by atoms with Crippen molar-refractivity contribution in [2.75, 3.05) is 11.9 Å². The Balaban J connectivity index is 1.55. The molecule has 1 aliphatic heterocycles. The minimum Gasteiger partial charge on any atom is -0.350 e. The summed E-state index contributed by atoms with van der Waals surface area (Å²) in [4.78, 5) is 23.7. The molecule has 0 radical (unpaired) electrons. The van der Waals surface area contributed by atoms with E-state index in [9.17, 15) is 18.0 Å². The SMILES string of the molecule is C=CC(=O)NC1CCN(S(=O)(=O)Cc2ccc(NC(=O)Cc3ccccc3)cc2)C(C)C1. The Bertz CT molecular complexity index is 1050. The van der Waals surface area contributed by atoms with E-state index in [-0.39, 0.29) is 36.1 Å². The Labute approximate surface area is 189 Å². The van der Waals surface area contributed by atoms with Crippen LogP contribution in [0.5, 0.6) is 0 Å². The standard InChI is InChI=1S/C24H29N3O4S/c1-3-23(28)26-22-13-14-27(18(2)15-22)32(30,31)17-20-9-11-21(12-10-20)25-24(29)16-19-7-5-4-6-8-19/h3-12,18,22H,1,13-17H2,2H3,(H,25,29)(H,26,28). The predicted octanol–water partition coefficient (Wildman–Crippen LogP) is 2.85. The monoisotopic (exact) mass is 455 g/mol. The van der Waals surface area contributed by atoms with Crippen molar-refractivity contribution < 1.29 is 18.0 Å². The maximum Gasteiger partial charge on any atom is 0.243 e. The molecule has 1 aliphatic rings. The third-order valence-corrected chi connectivity index (χ3v) is 7.45. The van der Waals surface area contributed by atoms with Crippen LogP contribution < -0.4 is 10.6 Å². The van der Waals surface area contributed by atoms with Crippen molar-refractivity contribution >= 4 is 27.5 Å². The molecule has 0 spiro atoms. The number of benzene rings is 2. The fraction of sp³-hybridized carbons (Fsp3) is 0.333. The van der Waals surface area contributed by atoms with Gasteiger partial charge in [-0.2, -0.15) is 4.31 Å². The van der Waals surface area contributed by atoms with E-state index in [1.54, 1.807) is 24.3 Å². The molecule has 170 valence electrons. The first-order valence-electron chi connectivity index (χ1n) is 10.6. The zero-order valence-corrected chi connectivity index (χ0v) is 19.0. The van der Waals surface area contributed by atoms with Crippen LogP contribution in [0.3, 0.4) is 0 Å². The number of piperidine rings is 1. The van der Waals surface area contributed by atoms with Gasteiger partial charge in [-0.1, -0.05) is 49.0 Å². The molecule has 32 heavy (non-hydrogen) atoms. The summed E-state index contributed by atoms with van der Waals surface area (Å²) in [6.45, 7) is 5.66. The van der Waals surface area contributed by atoms with Gasteiger partial charge in [0.1, 0.15) is 0 Å². The summed E-state index contributed by atoms with van der Waals surface area (Å²) in [6.07, 6.45) is 2.63. The summed E-state index contributed by atoms with van der Waals surface area (Å²) in [7, 11) is -3.51. The summed E-state index contributed by atoms with van der Waals surface area (Å²) in [5, 5.41) is 5.68. The van der Waals surface area contributed by atoms with E-state index in [1.807, 2.05) is 37.3 Å². The molecule has 0 aliphatic carbocycles. The lowest BCUT2D eigenvalue weighted by molar-refractivity contribution is -0.117. The third kappa shape index (κ3) is 6.51. The maximum absolute atomic E-state index is 13.0. The van der Waals surface area contributed by atoms with Gasteiger partial charge in [0.25, 0.3) is 0 Å². The van der Waals surface area contributed by atoms with Crippen LogP contribution in [0.1, 0.15) is 30.9 Å². The number of rotatable bonds is 8. The number of hydrogen-bond acceptors (Lipinski definition) is 4. The van der Waals surface area contributed by atoms with Crippen LogP contribution in [0.2, 0.25) is 0 Å². The second-order valence-corrected chi connectivity index (χ2v) is 9.98. The van der Waals surface area contributed by atoms with Crippen molar-refractivity contribution in [3.05, 3.63) is 78.4 Å². The van der Waals surface area contributed by atoms with Crippen LogP contribution in [0.15, 0.2) is 67.3 Å². The number of amides is 2. The van der Waals surface area contributed by atoms with Crippen molar-refractivity contribution in [3.63, 3.8) is 0 Å². The summed E-state index contributed by atoms with van der Waals surface area (Å²) in [6, 6.07) is 16.1. The Morgan fingerprint density at radius 2 is 1.78 bits per heavy atom. The highest BCUT2D eigenvalue weighted by Gasteiger charge is 2.33. The second-order valence-electron chi connectivity index (χ2n) is 8.06. The van der Waals surface area contributed by atoms with Crippen LogP contribution in [0, 0.1) is 0 Å². The number of nitrogens with zero attached hydrogens (tertiary/aromatic N) is 1. The fourth-order valence-corrected chi connectivity index (χ4v) is 5.72. The Kier molecular flexibility index (Phi) is 7.82. The molecule has 2 amide bonds. The van der Waals surface area contributed by atoms with Gasteiger partial charge in [-0.05, 0) is 49.1 Å². The number of nitrogens with one attached hydrogen (secondary N) is 2. The van der Waals surface area contributed by atoms with Gasteiger partial charge in [0.05, 0.1) is 12.2 Å². The van der Waals surface area contributed by atoms with Gasteiger partial charge in [-0.25, -0.2) is 8.42 Å². The van der Waals surface area contributed by atoms with Gasteiger partial charge in [0, 0.05) is 24.3 Å². The highest BCUT2D eigenvalue weighted by atomic mass is 32.2. The van der Waals surface area contributed by atoms with Crippen LogP contribution in [-0.4, -0.2) is 43.2 Å². The smallest absolute Gasteiger partial charge is 0.243 e. The molecular formula is C24H29N3O4S. The lowest BCUT2D eigenvalue weighted by Gasteiger charge is -2.36. The van der Waals surface area contributed by atoms with Crippen molar-refractivity contribution in [2.45, 2.75) is 44.0 Å². The number of carbonyl (C=O) groups is 2. The Morgan fingerprint density at radius 1 is 1.09 bits per heavy atom. The van der Waals surface area contributed by atoms with Gasteiger partial charge in [0.15, 0.2) is 0 Å². The molecule has 1 fully saturated rings. The molecule has 2 atom stereocenters. The zero-order valence-electron chi connectivity index (χ0n) is 18.2. The largest absolute Gasteiger partial charge is 0.350 e. The molecule has 2 aromatic rings. The van der Waals surface area contributed by atoms with Gasteiger partial charge in [-0.3, -0.25) is 9.59 Å². The minimum atomic E-state index is -3.51. The molecule has 8 heteroatoms. The molecule has 2 N–H and O–H groups in total. The highest BCUT2D eigenvalue weighted by Crippen LogP contribution is 2.23. The molecule has 2 unspecified atom stereocenters. The van der Waals surface area contributed by atoms with E-state index >= 15 is 0 Å². The van der Waals surface area contributed by atoms with E-state index in [4.69, 9.17) is 0 Å². The van der Waals surface area contributed by atoms with Gasteiger partial charge in [0.2, 0.25) is 21.8 Å². The second kappa shape index (κ2) is 10.6. The fourth-order valence-electron chi connectivity index (χ4n) is 3.92. The molecule has 0 aromatic heterocycles. The number of carbonyl (C=O) groups excluding carboxylic acids is 2. The lowest BCUT2D eigenvalue weighted by Crippen LogP contribution is -2.50. The molecule has 1 heterocycles. The van der Waals surface area contributed by atoms with E-state index in [1.165, 1.54) is 10.4 Å². The first-order chi connectivity index (χ1) is 15.3. The molecule has 7 nitrogen and oxygen atoms in total. The van der Waals surface area contributed by atoms with E-state index < -0.39 is 10.0 Å². The summed E-state index contributed by atoms with van der Waals surface area (Å²) in [5.74, 6) is -0.481. The van der Waals surface area contributed by atoms with Crippen LogP contribution >= 0.6 is 0 Å². The lowest BCUT2D eigenvalue weighted by atomic mass is 10.0. The van der Waals surface area contributed by atoms with Crippen molar-refractivity contribution in [1.29, 1.82) is 0 Å². The first-order valence-corrected chi connectivity index (χ1v) is 12.2. The highest BCUT2D eigenvalue weighted by molar-refractivity contribution is 7.88. The van der Waals surface area contributed by atoms with Gasteiger partial charge >= 0.3 is 0 Å². The molecule has 0 saturated carbocycles. The average Bonchev–Trinajstić information content (AvgIpc) is 2.75. The van der Waals surface area contributed by atoms with Crippen LogP contribution in [-0.2, 0) is 31.8 Å². The quantitative estimate of drug-likeness (QED) is 0.599. The number of hydrogen-bond donors (Lipinski definition) is 2.